The van der Waals surface area contributed by atoms with Crippen molar-refractivity contribution in [3.63, 3.8) is 0 Å². The summed E-state index contributed by atoms with van der Waals surface area (Å²) in [6, 6.07) is 17.0. The normalized spacial score (nSPS) is 11.6. The number of carbonyl (C=O) groups is 1. The molecule has 0 saturated heterocycles. The van der Waals surface area contributed by atoms with Gasteiger partial charge in [-0.1, -0.05) is 59.7 Å². The van der Waals surface area contributed by atoms with Crippen LogP contribution in [0.5, 0.6) is 0 Å². The molecule has 5 nitrogen and oxygen atoms in total. The number of aryl methyl sites for hydroxylation is 4. The molecule has 1 amide bonds. The molecular weight excluding hydrogens is 439 g/mol. The number of hydrogen-bond donors (Lipinski definition) is 1. The van der Waals surface area contributed by atoms with Crippen LogP contribution in [0.15, 0.2) is 65.6 Å². The summed E-state index contributed by atoms with van der Waals surface area (Å²) >= 11 is 0. The highest BCUT2D eigenvalue weighted by Crippen LogP contribution is 2.26. The average Bonchev–Trinajstić information content (AvgIpc) is 2.73. The minimum atomic E-state index is -3.95. The Morgan fingerprint density at radius 3 is 1.97 bits per heavy atom. The van der Waals surface area contributed by atoms with Crippen molar-refractivity contribution in [2.45, 2.75) is 45.7 Å². The van der Waals surface area contributed by atoms with E-state index in [-0.39, 0.29) is 30.3 Å². The summed E-state index contributed by atoms with van der Waals surface area (Å²) in [4.78, 5) is 13.0. The molecular formula is C26H29FN2O3S. The van der Waals surface area contributed by atoms with Gasteiger partial charge in [-0.2, -0.15) is 4.31 Å². The fraction of sp³-hybridized carbons (Fsp3) is 0.269. The Morgan fingerprint density at radius 1 is 0.848 bits per heavy atom. The molecule has 1 N–H and O–H groups in total. The number of hydrogen-bond acceptors (Lipinski definition) is 3. The smallest absolute Gasteiger partial charge is 0.244 e. The SMILES string of the molecule is Cc1ccc(CN(CC(=O)NCc2ccc(F)cc2)S(=O)(=O)c2c(C)cc(C)cc2C)cc1. The summed E-state index contributed by atoms with van der Waals surface area (Å²) in [5.74, 6) is -0.790. The quantitative estimate of drug-likeness (QED) is 0.527. The first-order valence-electron chi connectivity index (χ1n) is 10.7. The van der Waals surface area contributed by atoms with Crippen LogP contribution in [0.3, 0.4) is 0 Å². The van der Waals surface area contributed by atoms with Crippen LogP contribution in [0, 0.1) is 33.5 Å². The van der Waals surface area contributed by atoms with E-state index >= 15 is 0 Å². The number of halogens is 1. The summed E-state index contributed by atoms with van der Waals surface area (Å²) in [6.45, 7) is 7.34. The molecule has 0 atom stereocenters. The van der Waals surface area contributed by atoms with Crippen molar-refractivity contribution >= 4 is 15.9 Å². The number of rotatable bonds is 8. The van der Waals surface area contributed by atoms with Crippen LogP contribution in [0.4, 0.5) is 4.39 Å². The van der Waals surface area contributed by atoms with Gasteiger partial charge in [-0.15, -0.1) is 0 Å². The van der Waals surface area contributed by atoms with Crippen LogP contribution in [-0.2, 0) is 27.9 Å². The zero-order chi connectivity index (χ0) is 24.2. The molecule has 0 aliphatic carbocycles. The maximum absolute atomic E-state index is 13.7. The van der Waals surface area contributed by atoms with Crippen molar-refractivity contribution in [2.75, 3.05) is 6.54 Å². The number of carbonyl (C=O) groups excluding carboxylic acids is 1. The fourth-order valence-electron chi connectivity index (χ4n) is 3.84. The first kappa shape index (κ1) is 24.6. The zero-order valence-corrected chi connectivity index (χ0v) is 20.2. The van der Waals surface area contributed by atoms with E-state index in [1.807, 2.05) is 50.2 Å². The number of nitrogens with zero attached hydrogens (tertiary/aromatic N) is 1. The van der Waals surface area contributed by atoms with Crippen molar-refractivity contribution in [3.8, 4) is 0 Å². The number of amides is 1. The topological polar surface area (TPSA) is 66.5 Å². The molecule has 0 heterocycles. The van der Waals surface area contributed by atoms with Crippen molar-refractivity contribution < 1.29 is 17.6 Å². The molecule has 0 unspecified atom stereocenters. The zero-order valence-electron chi connectivity index (χ0n) is 19.4. The lowest BCUT2D eigenvalue weighted by Crippen LogP contribution is -2.40. The molecule has 0 fully saturated rings. The highest BCUT2D eigenvalue weighted by atomic mass is 32.2. The molecule has 0 spiro atoms. The summed E-state index contributed by atoms with van der Waals surface area (Å²) in [5.41, 5.74) is 4.85. The Kier molecular flexibility index (Phi) is 7.66. The molecule has 3 rings (SSSR count). The Balaban J connectivity index is 1.87. The third-order valence-corrected chi connectivity index (χ3v) is 7.50. The summed E-state index contributed by atoms with van der Waals surface area (Å²) in [6.07, 6.45) is 0. The van der Waals surface area contributed by atoms with E-state index in [1.54, 1.807) is 26.0 Å². The van der Waals surface area contributed by atoms with Gasteiger partial charge in [0.15, 0.2) is 0 Å². The summed E-state index contributed by atoms with van der Waals surface area (Å²) in [5, 5.41) is 2.74. The predicted octanol–water partition coefficient (Wildman–Crippen LogP) is 4.57. The van der Waals surface area contributed by atoms with Gasteiger partial charge in [0.2, 0.25) is 15.9 Å². The Hall–Kier alpha value is -3.03. The highest BCUT2D eigenvalue weighted by Gasteiger charge is 2.30. The van der Waals surface area contributed by atoms with Gasteiger partial charge in [-0.25, -0.2) is 12.8 Å². The standard InChI is InChI=1S/C26H29FN2O3S/c1-18-5-7-23(8-6-18)16-29(17-25(30)28-15-22-9-11-24(27)12-10-22)33(31,32)26-20(3)13-19(2)14-21(26)4/h5-14H,15-17H2,1-4H3,(H,28,30). The van der Waals surface area contributed by atoms with Crippen LogP contribution < -0.4 is 5.32 Å². The third-order valence-electron chi connectivity index (χ3n) is 5.40. The molecule has 33 heavy (non-hydrogen) atoms. The summed E-state index contributed by atoms with van der Waals surface area (Å²) < 4.78 is 41.7. The molecule has 0 aliphatic heterocycles. The van der Waals surface area contributed by atoms with Gasteiger partial charge in [0.05, 0.1) is 11.4 Å². The van der Waals surface area contributed by atoms with Crippen LogP contribution in [0.2, 0.25) is 0 Å². The van der Waals surface area contributed by atoms with Gasteiger partial charge in [-0.05, 0) is 62.1 Å². The molecule has 3 aromatic carbocycles. The second kappa shape index (κ2) is 10.3. The number of nitrogens with one attached hydrogen (secondary N) is 1. The van der Waals surface area contributed by atoms with Gasteiger partial charge in [0, 0.05) is 13.1 Å². The van der Waals surface area contributed by atoms with E-state index < -0.39 is 15.9 Å². The van der Waals surface area contributed by atoms with E-state index in [0.29, 0.717) is 11.1 Å². The molecule has 7 heteroatoms. The Morgan fingerprint density at radius 2 is 1.39 bits per heavy atom. The molecule has 0 bridgehead atoms. The van der Waals surface area contributed by atoms with E-state index in [1.165, 1.54) is 16.4 Å². The van der Waals surface area contributed by atoms with E-state index in [4.69, 9.17) is 0 Å². The predicted molar refractivity (Wildman–Crippen MR) is 128 cm³/mol. The lowest BCUT2D eigenvalue weighted by molar-refractivity contribution is -0.121. The van der Waals surface area contributed by atoms with Gasteiger partial charge in [0.25, 0.3) is 0 Å². The van der Waals surface area contributed by atoms with E-state index in [2.05, 4.69) is 5.32 Å². The van der Waals surface area contributed by atoms with Gasteiger partial charge in [-0.3, -0.25) is 4.79 Å². The monoisotopic (exact) mass is 468 g/mol. The Labute approximate surface area is 195 Å². The maximum Gasteiger partial charge on any atom is 0.244 e. The van der Waals surface area contributed by atoms with Crippen LogP contribution in [0.1, 0.15) is 33.4 Å². The van der Waals surface area contributed by atoms with E-state index in [9.17, 15) is 17.6 Å². The second-order valence-corrected chi connectivity index (χ2v) is 10.3. The van der Waals surface area contributed by atoms with Gasteiger partial charge < -0.3 is 5.32 Å². The minimum Gasteiger partial charge on any atom is -0.351 e. The van der Waals surface area contributed by atoms with Crippen molar-refractivity contribution in [1.82, 2.24) is 9.62 Å². The molecule has 3 aromatic rings. The van der Waals surface area contributed by atoms with Crippen molar-refractivity contribution in [2.24, 2.45) is 0 Å². The lowest BCUT2D eigenvalue weighted by Gasteiger charge is -2.24. The molecule has 0 saturated carbocycles. The largest absolute Gasteiger partial charge is 0.351 e. The van der Waals surface area contributed by atoms with Crippen molar-refractivity contribution in [1.29, 1.82) is 0 Å². The first-order chi connectivity index (χ1) is 15.6. The minimum absolute atomic E-state index is 0.0688. The second-order valence-electron chi connectivity index (χ2n) is 8.39. The van der Waals surface area contributed by atoms with Crippen LogP contribution in [0.25, 0.3) is 0 Å². The molecule has 0 radical (unpaired) electrons. The fourth-order valence-corrected chi connectivity index (χ4v) is 5.64. The van der Waals surface area contributed by atoms with Crippen LogP contribution >= 0.6 is 0 Å². The average molecular weight is 469 g/mol. The maximum atomic E-state index is 13.7. The first-order valence-corrected chi connectivity index (χ1v) is 12.1. The molecule has 174 valence electrons. The number of sulfonamides is 1. The van der Waals surface area contributed by atoms with Gasteiger partial charge in [0.1, 0.15) is 5.82 Å². The van der Waals surface area contributed by atoms with Gasteiger partial charge >= 0.3 is 0 Å². The highest BCUT2D eigenvalue weighted by molar-refractivity contribution is 7.89. The van der Waals surface area contributed by atoms with Crippen molar-refractivity contribution in [3.05, 3.63) is 99.9 Å². The molecule has 0 aliphatic rings. The van der Waals surface area contributed by atoms with E-state index in [0.717, 1.165) is 22.3 Å². The third kappa shape index (κ3) is 6.27. The number of benzene rings is 3. The molecule has 0 aromatic heterocycles. The lowest BCUT2D eigenvalue weighted by atomic mass is 10.1. The van der Waals surface area contributed by atoms with Crippen LogP contribution in [-0.4, -0.2) is 25.2 Å². The summed E-state index contributed by atoms with van der Waals surface area (Å²) in [7, 11) is -3.95. The Bertz CT molecular complexity index is 1210.